The van der Waals surface area contributed by atoms with Crippen LogP contribution in [-0.4, -0.2) is 50.9 Å². The van der Waals surface area contributed by atoms with E-state index in [1.807, 2.05) is 0 Å². The summed E-state index contributed by atoms with van der Waals surface area (Å²) in [6, 6.07) is 2.03. The Labute approximate surface area is 116 Å². The quantitative estimate of drug-likeness (QED) is 0.866. The summed E-state index contributed by atoms with van der Waals surface area (Å²) < 4.78 is 1.79. The van der Waals surface area contributed by atoms with Crippen LogP contribution in [0.25, 0.3) is 5.52 Å². The minimum atomic E-state index is -0.0822. The number of fused-ring (bicyclic) bond motifs is 3. The standard InChI is InChI=1S/C14H17N5O/c20-14(13-4-12-5-15-8-19(12)9-16-13)17-11-3-10-1-2-18(6-10)7-11/h4-5,8-11H,1-3,6-7H2,(H,17,20)/t10-,11+/m0/s1. The molecular weight excluding hydrogens is 254 g/mol. The van der Waals surface area contributed by atoms with Gasteiger partial charge in [0.25, 0.3) is 5.91 Å². The highest BCUT2D eigenvalue weighted by molar-refractivity contribution is 5.93. The number of carbonyl (C=O) groups excluding carboxylic acids is 1. The summed E-state index contributed by atoms with van der Waals surface area (Å²) in [6.07, 6.45) is 7.40. The number of rotatable bonds is 2. The van der Waals surface area contributed by atoms with Crippen molar-refractivity contribution in [3.8, 4) is 0 Å². The van der Waals surface area contributed by atoms with Crippen molar-refractivity contribution in [2.24, 2.45) is 5.92 Å². The average Bonchev–Trinajstić information content (AvgIpc) is 3.04. The molecule has 0 aromatic carbocycles. The Hall–Kier alpha value is -1.95. The van der Waals surface area contributed by atoms with Gasteiger partial charge in [0.05, 0.1) is 11.7 Å². The van der Waals surface area contributed by atoms with E-state index in [2.05, 4.69) is 20.2 Å². The minimum Gasteiger partial charge on any atom is -0.347 e. The van der Waals surface area contributed by atoms with Gasteiger partial charge in [0, 0.05) is 19.1 Å². The zero-order chi connectivity index (χ0) is 13.5. The molecule has 2 aromatic heterocycles. The molecule has 0 spiro atoms. The molecule has 104 valence electrons. The van der Waals surface area contributed by atoms with Gasteiger partial charge in [0.1, 0.15) is 18.3 Å². The maximum Gasteiger partial charge on any atom is 0.270 e. The first kappa shape index (κ1) is 11.8. The molecule has 2 saturated heterocycles. The summed E-state index contributed by atoms with van der Waals surface area (Å²) in [5, 5.41) is 3.12. The number of aromatic nitrogens is 3. The molecule has 0 radical (unpaired) electrons. The van der Waals surface area contributed by atoms with Crippen LogP contribution in [0.1, 0.15) is 23.3 Å². The van der Waals surface area contributed by atoms with E-state index in [9.17, 15) is 4.79 Å². The molecule has 2 bridgehead atoms. The van der Waals surface area contributed by atoms with Crippen LogP contribution in [0.15, 0.2) is 24.9 Å². The fourth-order valence-corrected chi connectivity index (χ4v) is 3.37. The van der Waals surface area contributed by atoms with E-state index in [1.165, 1.54) is 19.5 Å². The summed E-state index contributed by atoms with van der Waals surface area (Å²) in [5.41, 5.74) is 1.35. The third-order valence-corrected chi connectivity index (χ3v) is 4.34. The van der Waals surface area contributed by atoms with Crippen LogP contribution in [0.4, 0.5) is 0 Å². The van der Waals surface area contributed by atoms with E-state index in [1.54, 1.807) is 29.3 Å². The summed E-state index contributed by atoms with van der Waals surface area (Å²) in [5.74, 6) is 0.667. The molecule has 1 N–H and O–H groups in total. The van der Waals surface area contributed by atoms with Gasteiger partial charge in [0.15, 0.2) is 0 Å². The summed E-state index contributed by atoms with van der Waals surface area (Å²) >= 11 is 0. The van der Waals surface area contributed by atoms with E-state index in [0.29, 0.717) is 5.69 Å². The largest absolute Gasteiger partial charge is 0.347 e. The Bertz CT molecular complexity index is 640. The molecule has 6 nitrogen and oxygen atoms in total. The van der Waals surface area contributed by atoms with Crippen molar-refractivity contribution in [2.75, 3.05) is 19.6 Å². The fourth-order valence-electron chi connectivity index (χ4n) is 3.37. The third-order valence-electron chi connectivity index (χ3n) is 4.34. The molecule has 2 aromatic rings. The Balaban J connectivity index is 1.49. The average molecular weight is 271 g/mol. The van der Waals surface area contributed by atoms with Crippen molar-refractivity contribution in [1.82, 2.24) is 24.6 Å². The highest BCUT2D eigenvalue weighted by Gasteiger charge is 2.33. The van der Waals surface area contributed by atoms with E-state index in [-0.39, 0.29) is 11.9 Å². The van der Waals surface area contributed by atoms with Gasteiger partial charge in [-0.15, -0.1) is 0 Å². The molecule has 2 aliphatic rings. The lowest BCUT2D eigenvalue weighted by molar-refractivity contribution is 0.0904. The maximum atomic E-state index is 12.3. The zero-order valence-electron chi connectivity index (χ0n) is 11.2. The first-order chi connectivity index (χ1) is 9.78. The smallest absolute Gasteiger partial charge is 0.270 e. The minimum absolute atomic E-state index is 0.0822. The van der Waals surface area contributed by atoms with E-state index in [0.717, 1.165) is 24.4 Å². The van der Waals surface area contributed by atoms with Crippen molar-refractivity contribution in [3.05, 3.63) is 30.6 Å². The number of carbonyl (C=O) groups is 1. The molecule has 4 heterocycles. The second-order valence-electron chi connectivity index (χ2n) is 5.82. The molecule has 1 amide bonds. The molecule has 3 atom stereocenters. The zero-order valence-corrected chi connectivity index (χ0v) is 11.2. The van der Waals surface area contributed by atoms with Gasteiger partial charge in [-0.05, 0) is 31.4 Å². The molecule has 1 unspecified atom stereocenters. The Morgan fingerprint density at radius 3 is 3.20 bits per heavy atom. The first-order valence-corrected chi connectivity index (χ1v) is 7.09. The number of amides is 1. The lowest BCUT2D eigenvalue weighted by atomic mass is 9.97. The van der Waals surface area contributed by atoms with Gasteiger partial charge >= 0.3 is 0 Å². The molecule has 20 heavy (non-hydrogen) atoms. The van der Waals surface area contributed by atoms with Crippen LogP contribution >= 0.6 is 0 Å². The van der Waals surface area contributed by atoms with Crippen LogP contribution in [0.5, 0.6) is 0 Å². The molecule has 2 aliphatic heterocycles. The molecule has 0 aliphatic carbocycles. The predicted molar refractivity (Wildman–Crippen MR) is 73.4 cm³/mol. The lowest BCUT2D eigenvalue weighted by Crippen LogP contribution is -2.47. The third kappa shape index (κ3) is 2.06. The number of piperidine rings is 1. The first-order valence-electron chi connectivity index (χ1n) is 7.09. The monoisotopic (exact) mass is 271 g/mol. The van der Waals surface area contributed by atoms with Crippen molar-refractivity contribution < 1.29 is 4.79 Å². The van der Waals surface area contributed by atoms with Crippen LogP contribution in [0.2, 0.25) is 0 Å². The van der Waals surface area contributed by atoms with E-state index >= 15 is 0 Å². The summed E-state index contributed by atoms with van der Waals surface area (Å²) in [4.78, 5) is 23.0. The molecule has 0 saturated carbocycles. The van der Waals surface area contributed by atoms with Gasteiger partial charge in [0.2, 0.25) is 0 Å². The maximum absolute atomic E-state index is 12.3. The second kappa shape index (κ2) is 4.56. The molecular formula is C14H17N5O. The van der Waals surface area contributed by atoms with Gasteiger partial charge in [-0.1, -0.05) is 0 Å². The van der Waals surface area contributed by atoms with Crippen molar-refractivity contribution in [2.45, 2.75) is 18.9 Å². The molecule has 2 fully saturated rings. The highest BCUT2D eigenvalue weighted by atomic mass is 16.1. The van der Waals surface area contributed by atoms with E-state index in [4.69, 9.17) is 0 Å². The SMILES string of the molecule is O=C(N[C@@H]1C[C@@H]2CCN(C2)C1)c1cc2cncn2cn1. The number of hydrogen-bond donors (Lipinski definition) is 1. The van der Waals surface area contributed by atoms with Gasteiger partial charge in [-0.3, -0.25) is 9.20 Å². The Kier molecular flexibility index (Phi) is 2.70. The summed E-state index contributed by atoms with van der Waals surface area (Å²) in [7, 11) is 0. The van der Waals surface area contributed by atoms with Gasteiger partial charge in [-0.2, -0.15) is 0 Å². The number of nitrogens with one attached hydrogen (secondary N) is 1. The molecule has 4 rings (SSSR count). The predicted octanol–water partition coefficient (Wildman–Crippen LogP) is 0.553. The fraction of sp³-hybridized carbons (Fsp3) is 0.500. The normalized spacial score (nSPS) is 28.7. The second-order valence-corrected chi connectivity index (χ2v) is 5.82. The van der Waals surface area contributed by atoms with Crippen molar-refractivity contribution in [1.29, 1.82) is 0 Å². The van der Waals surface area contributed by atoms with Crippen LogP contribution in [0, 0.1) is 5.92 Å². The van der Waals surface area contributed by atoms with Gasteiger partial charge < -0.3 is 10.2 Å². The van der Waals surface area contributed by atoms with Gasteiger partial charge in [-0.25, -0.2) is 9.97 Å². The summed E-state index contributed by atoms with van der Waals surface area (Å²) in [6.45, 7) is 3.35. The van der Waals surface area contributed by atoms with Crippen LogP contribution in [0.3, 0.4) is 0 Å². The van der Waals surface area contributed by atoms with Crippen LogP contribution in [-0.2, 0) is 0 Å². The number of imidazole rings is 1. The lowest BCUT2D eigenvalue weighted by Gasteiger charge is -2.30. The Morgan fingerprint density at radius 2 is 2.30 bits per heavy atom. The van der Waals surface area contributed by atoms with E-state index < -0.39 is 0 Å². The Morgan fingerprint density at radius 1 is 1.35 bits per heavy atom. The topological polar surface area (TPSA) is 62.5 Å². The number of nitrogens with zero attached hydrogens (tertiary/aromatic N) is 4. The van der Waals surface area contributed by atoms with Crippen molar-refractivity contribution in [3.63, 3.8) is 0 Å². The van der Waals surface area contributed by atoms with Crippen molar-refractivity contribution >= 4 is 11.4 Å². The number of hydrogen-bond acceptors (Lipinski definition) is 4. The van der Waals surface area contributed by atoms with Crippen LogP contribution < -0.4 is 5.32 Å². The highest BCUT2D eigenvalue weighted by Crippen LogP contribution is 2.26. The molecule has 6 heteroatoms.